The molecule has 0 unspecified atom stereocenters. The van der Waals surface area contributed by atoms with E-state index in [1.165, 1.54) is 18.9 Å². The summed E-state index contributed by atoms with van der Waals surface area (Å²) < 4.78 is 17.4. The second-order valence-corrected chi connectivity index (χ2v) is 8.07. The fraction of sp³-hybridized carbons (Fsp3) is 0.500. The summed E-state index contributed by atoms with van der Waals surface area (Å²) in [6.45, 7) is 6.61. The molecule has 1 N–H and O–H groups in total. The zero-order chi connectivity index (χ0) is 22.1. The molecule has 2 aromatic rings. The fourth-order valence-corrected chi connectivity index (χ4v) is 2.96. The molecular formula is C20H26N4O6. The molecule has 1 aliphatic rings. The highest BCUT2D eigenvalue weighted by molar-refractivity contribution is 6.01. The second-order valence-electron chi connectivity index (χ2n) is 8.07. The predicted molar refractivity (Wildman–Crippen MR) is 106 cm³/mol. The van der Waals surface area contributed by atoms with Gasteiger partial charge in [-0.3, -0.25) is 9.69 Å². The molecule has 0 aliphatic carbocycles. The monoisotopic (exact) mass is 418 g/mol. The normalized spacial score (nSPS) is 19.3. The van der Waals surface area contributed by atoms with Crippen LogP contribution in [0.4, 0.5) is 5.82 Å². The van der Waals surface area contributed by atoms with E-state index in [0.29, 0.717) is 17.4 Å². The Kier molecular flexibility index (Phi) is 5.82. The number of carbonyl (C=O) groups is 2. The van der Waals surface area contributed by atoms with Crippen LogP contribution in [0.25, 0.3) is 5.69 Å². The van der Waals surface area contributed by atoms with Crippen molar-refractivity contribution in [3.63, 3.8) is 0 Å². The van der Waals surface area contributed by atoms with Crippen molar-refractivity contribution < 1.29 is 28.9 Å². The number of rotatable bonds is 5. The van der Waals surface area contributed by atoms with Crippen molar-refractivity contribution in [3.8, 4) is 11.6 Å². The van der Waals surface area contributed by atoms with Crippen LogP contribution >= 0.6 is 0 Å². The lowest BCUT2D eigenvalue weighted by Crippen LogP contribution is -2.61. The summed E-state index contributed by atoms with van der Waals surface area (Å²) in [6, 6.07) is 5.11. The standard InChI is InChI=1S/C20H26N4O6/c1-19(2,3)30-18(26)20(4,27)16-17(25)23(10-11-29-16)14-7-9-24(22-14)13-6-8-21-15(12-13)28-5/h6-9,12,16,27H,10-11H2,1-5H3/t16-,20+/m0/s1. The predicted octanol–water partition coefficient (Wildman–Crippen LogP) is 1.10. The molecule has 3 heterocycles. The van der Waals surface area contributed by atoms with Gasteiger partial charge in [-0.25, -0.2) is 14.5 Å². The minimum atomic E-state index is -2.15. The lowest BCUT2D eigenvalue weighted by molar-refractivity contribution is -0.194. The number of pyridine rings is 1. The maximum absolute atomic E-state index is 13.0. The van der Waals surface area contributed by atoms with Crippen LogP contribution < -0.4 is 9.64 Å². The smallest absolute Gasteiger partial charge is 0.341 e. The van der Waals surface area contributed by atoms with Crippen LogP contribution in [0.2, 0.25) is 0 Å². The van der Waals surface area contributed by atoms with Crippen LogP contribution in [-0.4, -0.2) is 69.3 Å². The maximum atomic E-state index is 13.0. The summed E-state index contributed by atoms with van der Waals surface area (Å²) in [7, 11) is 1.52. The number of esters is 1. The van der Waals surface area contributed by atoms with E-state index in [0.717, 1.165) is 0 Å². The third-order valence-electron chi connectivity index (χ3n) is 4.46. The highest BCUT2D eigenvalue weighted by Crippen LogP contribution is 2.26. The Balaban J connectivity index is 1.82. The van der Waals surface area contributed by atoms with Gasteiger partial charge in [0, 0.05) is 24.5 Å². The van der Waals surface area contributed by atoms with Crippen LogP contribution in [0.3, 0.4) is 0 Å². The van der Waals surface area contributed by atoms with E-state index < -0.39 is 29.2 Å². The summed E-state index contributed by atoms with van der Waals surface area (Å²) in [5.41, 5.74) is -2.27. The molecule has 0 bridgehead atoms. The minimum Gasteiger partial charge on any atom is -0.481 e. The van der Waals surface area contributed by atoms with Crippen molar-refractivity contribution in [2.75, 3.05) is 25.2 Å². The van der Waals surface area contributed by atoms with Gasteiger partial charge in [-0.05, 0) is 33.8 Å². The summed E-state index contributed by atoms with van der Waals surface area (Å²) in [5.74, 6) is -0.705. The molecule has 162 valence electrons. The Bertz CT molecular complexity index is 933. The molecule has 0 spiro atoms. The number of carbonyl (C=O) groups excluding carboxylic acids is 2. The first-order valence-corrected chi connectivity index (χ1v) is 9.48. The molecule has 3 rings (SSSR count). The number of amides is 1. The molecule has 1 saturated heterocycles. The number of methoxy groups -OCH3 is 1. The average Bonchev–Trinajstić information content (AvgIpc) is 3.16. The number of hydrogen-bond acceptors (Lipinski definition) is 8. The number of anilines is 1. The minimum absolute atomic E-state index is 0.130. The van der Waals surface area contributed by atoms with Crippen molar-refractivity contribution in [1.29, 1.82) is 0 Å². The molecule has 0 aromatic carbocycles. The van der Waals surface area contributed by atoms with E-state index in [2.05, 4.69) is 10.1 Å². The van der Waals surface area contributed by atoms with E-state index in [1.807, 2.05) is 0 Å². The summed E-state index contributed by atoms with van der Waals surface area (Å²) in [4.78, 5) is 30.9. The van der Waals surface area contributed by atoms with Crippen molar-refractivity contribution >= 4 is 17.7 Å². The first kappa shape index (κ1) is 21.7. The lowest BCUT2D eigenvalue weighted by atomic mass is 9.96. The highest BCUT2D eigenvalue weighted by atomic mass is 16.6. The number of morpholine rings is 1. The van der Waals surface area contributed by atoms with Crippen LogP contribution in [0.15, 0.2) is 30.6 Å². The number of ether oxygens (including phenoxy) is 3. The second kappa shape index (κ2) is 8.04. The van der Waals surface area contributed by atoms with Gasteiger partial charge in [-0.1, -0.05) is 0 Å². The molecule has 0 saturated carbocycles. The summed E-state index contributed by atoms with van der Waals surface area (Å²) in [5, 5.41) is 15.2. The van der Waals surface area contributed by atoms with Crippen molar-refractivity contribution in [2.45, 2.75) is 45.0 Å². The van der Waals surface area contributed by atoms with Gasteiger partial charge in [0.15, 0.2) is 17.5 Å². The molecule has 30 heavy (non-hydrogen) atoms. The van der Waals surface area contributed by atoms with E-state index >= 15 is 0 Å². The van der Waals surface area contributed by atoms with Crippen LogP contribution in [0.1, 0.15) is 27.7 Å². The topological polar surface area (TPSA) is 116 Å². The van der Waals surface area contributed by atoms with Gasteiger partial charge in [0.2, 0.25) is 5.88 Å². The molecule has 10 heteroatoms. The van der Waals surface area contributed by atoms with Gasteiger partial charge in [0.25, 0.3) is 5.91 Å². The van der Waals surface area contributed by atoms with Crippen molar-refractivity contribution in [2.24, 2.45) is 0 Å². The molecule has 1 amide bonds. The summed E-state index contributed by atoms with van der Waals surface area (Å²) in [6.07, 6.45) is 1.87. The van der Waals surface area contributed by atoms with E-state index in [4.69, 9.17) is 14.2 Å². The van der Waals surface area contributed by atoms with Gasteiger partial charge in [0.05, 0.1) is 25.9 Å². The van der Waals surface area contributed by atoms with Gasteiger partial charge in [-0.2, -0.15) is 0 Å². The first-order chi connectivity index (χ1) is 14.0. The van der Waals surface area contributed by atoms with Crippen molar-refractivity contribution in [3.05, 3.63) is 30.6 Å². The number of nitrogens with zero attached hydrogens (tertiary/aromatic N) is 4. The van der Waals surface area contributed by atoms with E-state index in [-0.39, 0.29) is 13.2 Å². The maximum Gasteiger partial charge on any atom is 0.341 e. The Morgan fingerprint density at radius 3 is 2.70 bits per heavy atom. The number of hydrogen-bond donors (Lipinski definition) is 1. The van der Waals surface area contributed by atoms with Gasteiger partial charge in [-0.15, -0.1) is 5.10 Å². The van der Waals surface area contributed by atoms with Crippen LogP contribution in [0, 0.1) is 0 Å². The molecule has 1 aliphatic heterocycles. The highest BCUT2D eigenvalue weighted by Gasteiger charge is 2.50. The fourth-order valence-electron chi connectivity index (χ4n) is 2.96. The largest absolute Gasteiger partial charge is 0.481 e. The molecule has 2 atom stereocenters. The first-order valence-electron chi connectivity index (χ1n) is 9.48. The number of aliphatic hydroxyl groups is 1. The Hall–Kier alpha value is -2.98. The zero-order valence-electron chi connectivity index (χ0n) is 17.7. The van der Waals surface area contributed by atoms with E-state index in [9.17, 15) is 14.7 Å². The average molecular weight is 418 g/mol. The lowest BCUT2D eigenvalue weighted by Gasteiger charge is -2.38. The Morgan fingerprint density at radius 1 is 1.30 bits per heavy atom. The third kappa shape index (κ3) is 4.44. The molecule has 10 nitrogen and oxygen atoms in total. The van der Waals surface area contributed by atoms with Crippen LogP contribution in [0.5, 0.6) is 5.88 Å². The zero-order valence-corrected chi connectivity index (χ0v) is 17.7. The SMILES string of the molecule is COc1cc(-n2ccc(N3CCO[C@H]([C@@](C)(O)C(=O)OC(C)(C)C)C3=O)n2)ccn1. The Morgan fingerprint density at radius 2 is 2.03 bits per heavy atom. The van der Waals surface area contributed by atoms with E-state index in [1.54, 1.807) is 56.0 Å². The van der Waals surface area contributed by atoms with Gasteiger partial charge >= 0.3 is 5.97 Å². The quantitative estimate of drug-likeness (QED) is 0.718. The van der Waals surface area contributed by atoms with Crippen molar-refractivity contribution in [1.82, 2.24) is 14.8 Å². The van der Waals surface area contributed by atoms with Gasteiger partial charge in [0.1, 0.15) is 5.60 Å². The molecule has 2 aromatic heterocycles. The van der Waals surface area contributed by atoms with Crippen LogP contribution in [-0.2, 0) is 19.1 Å². The Labute approximate surface area is 174 Å². The number of aromatic nitrogens is 3. The molecule has 0 radical (unpaired) electrons. The van der Waals surface area contributed by atoms with Gasteiger partial charge < -0.3 is 19.3 Å². The molecule has 1 fully saturated rings. The molecular weight excluding hydrogens is 392 g/mol. The third-order valence-corrected chi connectivity index (χ3v) is 4.46. The summed E-state index contributed by atoms with van der Waals surface area (Å²) >= 11 is 0.